The third kappa shape index (κ3) is 3.25. The molecule has 0 saturated carbocycles. The Morgan fingerprint density at radius 2 is 1.68 bits per heavy atom. The van der Waals surface area contributed by atoms with E-state index in [1.165, 1.54) is 5.56 Å². The monoisotopic (exact) mass is 437 g/mol. The fourth-order valence-electron chi connectivity index (χ4n) is 4.58. The van der Waals surface area contributed by atoms with Crippen LogP contribution in [0.1, 0.15) is 17.9 Å². The van der Waals surface area contributed by atoms with Crippen LogP contribution in [0.3, 0.4) is 0 Å². The number of halogens is 3. The van der Waals surface area contributed by atoms with Crippen LogP contribution in [-0.2, 0) is 0 Å². The Bertz CT molecular complexity index is 891. The molecule has 2 atom stereocenters. The third-order valence-electron chi connectivity index (χ3n) is 5.94. The number of nitrogens with one attached hydrogen (secondary N) is 2. The molecule has 3 aliphatic heterocycles. The number of hydrogen-bond acceptors (Lipinski definition) is 4. The summed E-state index contributed by atoms with van der Waals surface area (Å²) in [6, 6.07) is 7.89. The maximum absolute atomic E-state index is 6.56. The lowest BCUT2D eigenvalue weighted by atomic mass is 9.88. The number of fused-ring (bicyclic) bond motifs is 3. The summed E-state index contributed by atoms with van der Waals surface area (Å²) in [6.07, 6.45) is 1.27. The first-order valence-electron chi connectivity index (χ1n) is 9.77. The topological polar surface area (TPSA) is 36.5 Å². The number of benzene rings is 2. The summed E-state index contributed by atoms with van der Waals surface area (Å²) < 4.78 is 6.48. The van der Waals surface area contributed by atoms with E-state index in [4.69, 9.17) is 39.5 Å². The summed E-state index contributed by atoms with van der Waals surface area (Å²) in [5.74, 6) is 1.39. The summed E-state index contributed by atoms with van der Waals surface area (Å²) in [6.45, 7) is 5.78. The molecule has 0 aliphatic carbocycles. The fourth-order valence-corrected chi connectivity index (χ4v) is 5.61. The molecular weight excluding hydrogens is 417 g/mol. The lowest BCUT2D eigenvalue weighted by Crippen LogP contribution is -2.43. The van der Waals surface area contributed by atoms with Crippen LogP contribution in [-0.4, -0.2) is 45.4 Å². The number of nitrogens with zero attached hydrogens (tertiary/aromatic N) is 1. The summed E-state index contributed by atoms with van der Waals surface area (Å²) in [7, 11) is 0. The van der Waals surface area contributed by atoms with Gasteiger partial charge in [-0.1, -0.05) is 34.8 Å². The molecule has 0 radical (unpaired) electrons. The summed E-state index contributed by atoms with van der Waals surface area (Å²) in [5, 5.41) is 8.62. The van der Waals surface area contributed by atoms with Crippen molar-refractivity contribution in [3.63, 3.8) is 0 Å². The van der Waals surface area contributed by atoms with Gasteiger partial charge in [-0.05, 0) is 42.8 Å². The van der Waals surface area contributed by atoms with E-state index >= 15 is 0 Å². The molecule has 5 rings (SSSR count). The maximum Gasteiger partial charge on any atom is 0.146 e. The summed E-state index contributed by atoms with van der Waals surface area (Å²) in [5.41, 5.74) is 4.25. The van der Waals surface area contributed by atoms with E-state index in [2.05, 4.69) is 27.7 Å². The SMILES string of the molecule is Clc1cc(Cl)c(-c2cc3c(c(N4CCNCC4)c2)O[C@H]2CCNC[C@@H]32)c(Cl)c1. The zero-order chi connectivity index (χ0) is 19.3. The Hall–Kier alpha value is -1.17. The molecule has 148 valence electrons. The molecule has 0 spiro atoms. The van der Waals surface area contributed by atoms with E-state index in [0.29, 0.717) is 21.0 Å². The molecule has 4 nitrogen and oxygen atoms in total. The van der Waals surface area contributed by atoms with Gasteiger partial charge >= 0.3 is 0 Å². The number of piperidine rings is 1. The van der Waals surface area contributed by atoms with Crippen LogP contribution in [0.4, 0.5) is 5.69 Å². The number of piperazine rings is 1. The van der Waals surface area contributed by atoms with E-state index in [1.807, 2.05) is 0 Å². The Labute approximate surface area is 180 Å². The zero-order valence-corrected chi connectivity index (χ0v) is 17.7. The van der Waals surface area contributed by atoms with Crippen LogP contribution in [0, 0.1) is 0 Å². The number of ether oxygens (including phenoxy) is 1. The van der Waals surface area contributed by atoms with Crippen molar-refractivity contribution < 1.29 is 4.74 Å². The molecule has 3 aliphatic rings. The van der Waals surface area contributed by atoms with Crippen molar-refractivity contribution in [1.29, 1.82) is 0 Å². The van der Waals surface area contributed by atoms with Gasteiger partial charge in [0.15, 0.2) is 0 Å². The van der Waals surface area contributed by atoms with Gasteiger partial charge in [-0.2, -0.15) is 0 Å². The minimum atomic E-state index is 0.240. The highest BCUT2D eigenvalue weighted by atomic mass is 35.5. The molecule has 28 heavy (non-hydrogen) atoms. The Morgan fingerprint density at radius 1 is 0.929 bits per heavy atom. The average molecular weight is 439 g/mol. The highest BCUT2D eigenvalue weighted by Crippen LogP contribution is 2.50. The maximum atomic E-state index is 6.56. The van der Waals surface area contributed by atoms with Gasteiger partial charge in [0.1, 0.15) is 11.9 Å². The lowest BCUT2D eigenvalue weighted by Gasteiger charge is -2.31. The van der Waals surface area contributed by atoms with Crippen molar-refractivity contribution in [3.05, 3.63) is 44.9 Å². The highest BCUT2D eigenvalue weighted by molar-refractivity contribution is 6.41. The van der Waals surface area contributed by atoms with E-state index < -0.39 is 0 Å². The van der Waals surface area contributed by atoms with Crippen LogP contribution < -0.4 is 20.3 Å². The van der Waals surface area contributed by atoms with Crippen molar-refractivity contribution in [2.45, 2.75) is 18.4 Å². The van der Waals surface area contributed by atoms with Crippen LogP contribution >= 0.6 is 34.8 Å². The van der Waals surface area contributed by atoms with Gasteiger partial charge in [0.05, 0.1) is 15.7 Å². The number of rotatable bonds is 2. The lowest BCUT2D eigenvalue weighted by molar-refractivity contribution is 0.172. The minimum Gasteiger partial charge on any atom is -0.487 e. The minimum absolute atomic E-state index is 0.240. The van der Waals surface area contributed by atoms with Gasteiger partial charge in [0, 0.05) is 54.8 Å². The van der Waals surface area contributed by atoms with E-state index in [9.17, 15) is 0 Å². The average Bonchev–Trinajstić information content (AvgIpc) is 3.06. The number of anilines is 1. The second-order valence-corrected chi connectivity index (χ2v) is 8.90. The summed E-state index contributed by atoms with van der Waals surface area (Å²) >= 11 is 19.3. The molecule has 0 bridgehead atoms. The van der Waals surface area contributed by atoms with Crippen LogP contribution in [0.5, 0.6) is 5.75 Å². The molecule has 7 heteroatoms. The Kier molecular flexibility index (Phi) is 5.10. The molecule has 2 fully saturated rings. The van der Waals surface area contributed by atoms with Gasteiger partial charge in [-0.25, -0.2) is 0 Å². The predicted molar refractivity (Wildman–Crippen MR) is 117 cm³/mol. The van der Waals surface area contributed by atoms with Crippen molar-refractivity contribution in [1.82, 2.24) is 10.6 Å². The van der Waals surface area contributed by atoms with Gasteiger partial charge in [0.25, 0.3) is 0 Å². The fraction of sp³-hybridized carbons (Fsp3) is 0.429. The zero-order valence-electron chi connectivity index (χ0n) is 15.4. The first kappa shape index (κ1) is 18.8. The van der Waals surface area contributed by atoms with Crippen molar-refractivity contribution >= 4 is 40.5 Å². The highest BCUT2D eigenvalue weighted by Gasteiger charge is 2.39. The van der Waals surface area contributed by atoms with Gasteiger partial charge in [0.2, 0.25) is 0 Å². The molecule has 0 aromatic heterocycles. The standard InChI is InChI=1S/C21H22Cl3N3O/c22-13-9-16(23)20(17(24)10-13)12-7-14-15-11-26-2-1-19(15)28-21(14)18(8-12)27-5-3-25-4-6-27/h7-10,15,19,25-26H,1-6,11H2/t15-,19-/m0/s1. The molecule has 2 aromatic carbocycles. The molecule has 2 N–H and O–H groups in total. The Balaban J connectivity index is 1.67. The number of hydrogen-bond donors (Lipinski definition) is 2. The first-order chi connectivity index (χ1) is 13.6. The van der Waals surface area contributed by atoms with E-state index in [0.717, 1.165) is 68.3 Å². The van der Waals surface area contributed by atoms with E-state index in [-0.39, 0.29) is 6.10 Å². The quantitative estimate of drug-likeness (QED) is 0.720. The largest absolute Gasteiger partial charge is 0.487 e. The van der Waals surface area contributed by atoms with E-state index in [1.54, 1.807) is 12.1 Å². The second-order valence-electron chi connectivity index (χ2n) is 7.65. The van der Waals surface area contributed by atoms with Crippen LogP contribution in [0.15, 0.2) is 24.3 Å². The summed E-state index contributed by atoms with van der Waals surface area (Å²) in [4.78, 5) is 2.40. The third-order valence-corrected chi connectivity index (χ3v) is 6.75. The molecule has 0 amide bonds. The molecule has 0 unspecified atom stereocenters. The molecular formula is C21H22Cl3N3O. The van der Waals surface area contributed by atoms with Crippen molar-refractivity contribution in [2.24, 2.45) is 0 Å². The van der Waals surface area contributed by atoms with Crippen molar-refractivity contribution in [3.8, 4) is 16.9 Å². The second kappa shape index (κ2) is 7.58. The van der Waals surface area contributed by atoms with Gasteiger partial charge < -0.3 is 20.3 Å². The molecule has 3 heterocycles. The predicted octanol–water partition coefficient (Wildman–Crippen LogP) is 4.56. The van der Waals surface area contributed by atoms with Gasteiger partial charge in [-0.3, -0.25) is 0 Å². The van der Waals surface area contributed by atoms with Gasteiger partial charge in [-0.15, -0.1) is 0 Å². The van der Waals surface area contributed by atoms with Crippen molar-refractivity contribution in [2.75, 3.05) is 44.2 Å². The van der Waals surface area contributed by atoms with Crippen LogP contribution in [0.25, 0.3) is 11.1 Å². The first-order valence-corrected chi connectivity index (χ1v) is 10.9. The molecule has 2 saturated heterocycles. The smallest absolute Gasteiger partial charge is 0.146 e. The normalized spacial score (nSPS) is 23.9. The van der Waals surface area contributed by atoms with Crippen LogP contribution in [0.2, 0.25) is 15.1 Å². The molecule has 2 aromatic rings. The Morgan fingerprint density at radius 3 is 2.43 bits per heavy atom.